The van der Waals surface area contributed by atoms with Crippen molar-refractivity contribution in [1.82, 2.24) is 0 Å². The lowest BCUT2D eigenvalue weighted by atomic mass is 10.1. The van der Waals surface area contributed by atoms with Crippen molar-refractivity contribution in [3.05, 3.63) is 52.0 Å². The van der Waals surface area contributed by atoms with Gasteiger partial charge in [-0.1, -0.05) is 11.6 Å². The topological polar surface area (TPSA) is 98.5 Å². The average molecular weight is 383 g/mol. The molecule has 0 unspecified atom stereocenters. The van der Waals surface area contributed by atoms with E-state index in [0.717, 1.165) is 11.1 Å². The molecule has 0 fully saturated rings. The zero-order valence-electron chi connectivity index (χ0n) is 14.1. The molecule has 0 saturated heterocycles. The van der Waals surface area contributed by atoms with Crippen LogP contribution in [0.1, 0.15) is 16.7 Å². The number of halogens is 1. The Hall–Kier alpha value is -2.09. The highest BCUT2D eigenvalue weighted by atomic mass is 35.5. The summed E-state index contributed by atoms with van der Waals surface area (Å²) in [6.07, 6.45) is 0. The van der Waals surface area contributed by atoms with Gasteiger partial charge in [-0.3, -0.25) is 4.79 Å². The van der Waals surface area contributed by atoms with E-state index in [1.165, 1.54) is 12.1 Å². The normalized spacial score (nSPS) is 11.2. The van der Waals surface area contributed by atoms with E-state index in [0.29, 0.717) is 22.0 Å². The zero-order chi connectivity index (χ0) is 18.8. The molecule has 2 aromatic rings. The quantitative estimate of drug-likeness (QED) is 0.830. The first-order valence-electron chi connectivity index (χ1n) is 7.41. The molecule has 0 aliphatic carbocycles. The smallest absolute Gasteiger partial charge is 0.262 e. The number of nitrogens with one attached hydrogen (secondary N) is 1. The van der Waals surface area contributed by atoms with Gasteiger partial charge in [-0.25, -0.2) is 13.6 Å². The number of anilines is 1. The number of aryl methyl sites for hydroxylation is 2. The van der Waals surface area contributed by atoms with Crippen LogP contribution in [0.5, 0.6) is 5.75 Å². The second-order valence-electron chi connectivity index (χ2n) is 5.71. The van der Waals surface area contributed by atoms with E-state index in [2.05, 4.69) is 5.32 Å². The molecular formula is C17H19ClN2O4S. The van der Waals surface area contributed by atoms with Gasteiger partial charge < -0.3 is 10.1 Å². The molecule has 0 saturated carbocycles. The molecule has 25 heavy (non-hydrogen) atoms. The average Bonchev–Trinajstić information content (AvgIpc) is 2.51. The Morgan fingerprint density at radius 2 is 1.84 bits per heavy atom. The van der Waals surface area contributed by atoms with Crippen LogP contribution < -0.4 is 15.2 Å². The van der Waals surface area contributed by atoms with Crippen molar-refractivity contribution in [2.45, 2.75) is 25.7 Å². The molecule has 0 radical (unpaired) electrons. The van der Waals surface area contributed by atoms with Crippen LogP contribution in [-0.4, -0.2) is 20.9 Å². The van der Waals surface area contributed by atoms with Crippen molar-refractivity contribution in [2.75, 3.05) is 11.9 Å². The van der Waals surface area contributed by atoms with Gasteiger partial charge in [-0.15, -0.1) is 0 Å². The van der Waals surface area contributed by atoms with Crippen LogP contribution >= 0.6 is 11.6 Å². The standard InChI is InChI=1S/C17H19ClN2O4S/c1-10-7-14(25(19,22)23)8-16(12(10)3)20-17(21)9-24-13-4-5-15(18)11(2)6-13/h4-8H,9H2,1-3H3,(H,20,21)(H2,19,22,23). The molecule has 0 atom stereocenters. The number of nitrogens with two attached hydrogens (primary N) is 1. The first-order valence-corrected chi connectivity index (χ1v) is 9.33. The number of carbonyl (C=O) groups excluding carboxylic acids is 1. The number of hydrogen-bond donors (Lipinski definition) is 2. The third-order valence-corrected chi connectivity index (χ3v) is 5.06. The molecule has 0 heterocycles. The molecule has 3 N–H and O–H groups in total. The highest BCUT2D eigenvalue weighted by Crippen LogP contribution is 2.24. The molecular weight excluding hydrogens is 364 g/mol. The van der Waals surface area contributed by atoms with E-state index >= 15 is 0 Å². The first kappa shape index (κ1) is 19.2. The van der Waals surface area contributed by atoms with Gasteiger partial charge in [-0.05, 0) is 67.8 Å². The fourth-order valence-electron chi connectivity index (χ4n) is 2.16. The van der Waals surface area contributed by atoms with Gasteiger partial charge in [0.15, 0.2) is 6.61 Å². The summed E-state index contributed by atoms with van der Waals surface area (Å²) >= 11 is 5.94. The summed E-state index contributed by atoms with van der Waals surface area (Å²) in [5.74, 6) is 0.102. The highest BCUT2D eigenvalue weighted by Gasteiger charge is 2.14. The van der Waals surface area contributed by atoms with Crippen LogP contribution in [0.2, 0.25) is 5.02 Å². The Bertz CT molecular complexity index is 926. The SMILES string of the molecule is Cc1cc(OCC(=O)Nc2cc(S(N)(=O)=O)cc(C)c2C)ccc1Cl. The van der Waals surface area contributed by atoms with Gasteiger partial charge in [0.1, 0.15) is 5.75 Å². The summed E-state index contributed by atoms with van der Waals surface area (Å²) in [6.45, 7) is 5.13. The number of amides is 1. The lowest BCUT2D eigenvalue weighted by Crippen LogP contribution is -2.21. The van der Waals surface area contributed by atoms with Crippen molar-refractivity contribution in [2.24, 2.45) is 5.14 Å². The number of carbonyl (C=O) groups is 1. The molecule has 8 heteroatoms. The molecule has 0 aromatic heterocycles. The van der Waals surface area contributed by atoms with Gasteiger partial charge in [0, 0.05) is 10.7 Å². The predicted octanol–water partition coefficient (Wildman–Crippen LogP) is 2.93. The Morgan fingerprint density at radius 1 is 1.16 bits per heavy atom. The van der Waals surface area contributed by atoms with Crippen LogP contribution in [0.3, 0.4) is 0 Å². The van der Waals surface area contributed by atoms with Crippen molar-refractivity contribution in [3.8, 4) is 5.75 Å². The van der Waals surface area contributed by atoms with Crippen LogP contribution in [0.4, 0.5) is 5.69 Å². The Morgan fingerprint density at radius 3 is 2.44 bits per heavy atom. The van der Waals surface area contributed by atoms with E-state index in [1.807, 2.05) is 6.92 Å². The molecule has 6 nitrogen and oxygen atoms in total. The zero-order valence-corrected chi connectivity index (χ0v) is 15.7. The highest BCUT2D eigenvalue weighted by molar-refractivity contribution is 7.89. The minimum Gasteiger partial charge on any atom is -0.484 e. The third kappa shape index (κ3) is 4.94. The first-order chi connectivity index (χ1) is 11.6. The monoisotopic (exact) mass is 382 g/mol. The van der Waals surface area contributed by atoms with E-state index in [9.17, 15) is 13.2 Å². The third-order valence-electron chi connectivity index (χ3n) is 3.74. The summed E-state index contributed by atoms with van der Waals surface area (Å²) in [6, 6.07) is 7.88. The Balaban J connectivity index is 2.12. The van der Waals surface area contributed by atoms with Crippen molar-refractivity contribution >= 4 is 33.2 Å². The molecule has 0 spiro atoms. The maximum atomic E-state index is 12.1. The Labute approximate surface area is 152 Å². The van der Waals surface area contributed by atoms with Gasteiger partial charge in [0.2, 0.25) is 10.0 Å². The van der Waals surface area contributed by atoms with Crippen LogP contribution in [0.15, 0.2) is 35.2 Å². The van der Waals surface area contributed by atoms with E-state index in [1.54, 1.807) is 32.0 Å². The molecule has 134 valence electrons. The largest absolute Gasteiger partial charge is 0.484 e. The van der Waals surface area contributed by atoms with Crippen LogP contribution in [-0.2, 0) is 14.8 Å². The fraction of sp³-hybridized carbons (Fsp3) is 0.235. The summed E-state index contributed by atoms with van der Waals surface area (Å²) in [7, 11) is -3.86. The molecule has 0 bridgehead atoms. The van der Waals surface area contributed by atoms with Gasteiger partial charge in [0.05, 0.1) is 4.90 Å². The molecule has 1 amide bonds. The van der Waals surface area contributed by atoms with Crippen LogP contribution in [0.25, 0.3) is 0 Å². The number of ether oxygens (including phenoxy) is 1. The second-order valence-corrected chi connectivity index (χ2v) is 7.67. The molecule has 2 aromatic carbocycles. The molecule has 0 aliphatic rings. The van der Waals surface area contributed by atoms with Crippen LogP contribution in [0, 0.1) is 20.8 Å². The number of hydrogen-bond acceptors (Lipinski definition) is 4. The summed E-state index contributed by atoms with van der Waals surface area (Å²) in [5, 5.41) is 8.42. The number of primary sulfonamides is 1. The molecule has 2 rings (SSSR count). The van der Waals surface area contributed by atoms with E-state index < -0.39 is 15.9 Å². The Kier molecular flexibility index (Phi) is 5.72. The lowest BCUT2D eigenvalue weighted by molar-refractivity contribution is -0.118. The van der Waals surface area contributed by atoms with Gasteiger partial charge in [0.25, 0.3) is 5.91 Å². The van der Waals surface area contributed by atoms with E-state index in [-0.39, 0.29) is 11.5 Å². The number of benzene rings is 2. The predicted molar refractivity (Wildman–Crippen MR) is 97.6 cm³/mol. The van der Waals surface area contributed by atoms with Crippen molar-refractivity contribution in [1.29, 1.82) is 0 Å². The summed E-state index contributed by atoms with van der Waals surface area (Å²) in [4.78, 5) is 12.1. The minimum atomic E-state index is -3.86. The van der Waals surface area contributed by atoms with E-state index in [4.69, 9.17) is 21.5 Å². The van der Waals surface area contributed by atoms with Gasteiger partial charge >= 0.3 is 0 Å². The fourth-order valence-corrected chi connectivity index (χ4v) is 2.90. The minimum absolute atomic E-state index is 0.0554. The summed E-state index contributed by atoms with van der Waals surface area (Å²) in [5.41, 5.74) is 2.68. The van der Waals surface area contributed by atoms with Crippen molar-refractivity contribution in [3.63, 3.8) is 0 Å². The van der Waals surface area contributed by atoms with Crippen molar-refractivity contribution < 1.29 is 17.9 Å². The maximum Gasteiger partial charge on any atom is 0.262 e. The maximum absolute atomic E-state index is 12.1. The lowest BCUT2D eigenvalue weighted by Gasteiger charge is -2.13. The molecule has 0 aliphatic heterocycles. The van der Waals surface area contributed by atoms with Gasteiger partial charge in [-0.2, -0.15) is 0 Å². The summed E-state index contributed by atoms with van der Waals surface area (Å²) < 4.78 is 28.5. The number of sulfonamides is 1. The second kappa shape index (κ2) is 7.43. The number of rotatable bonds is 5.